The Bertz CT molecular complexity index is 2410. The monoisotopic (exact) mass is 730 g/mol. The smallest absolute Gasteiger partial charge is 0.329 e. The number of hydrogen-bond donors (Lipinski definition) is 3. The third kappa shape index (κ3) is 7.20. The summed E-state index contributed by atoms with van der Waals surface area (Å²) in [6.07, 6.45) is 9.84. The highest BCUT2D eigenvalue weighted by atomic mass is 16.5. The van der Waals surface area contributed by atoms with Crippen LogP contribution in [0.1, 0.15) is 72.5 Å². The molecule has 1 saturated heterocycles. The lowest BCUT2D eigenvalue weighted by molar-refractivity contribution is -0.135. The van der Waals surface area contributed by atoms with Gasteiger partial charge in [-0.1, -0.05) is 17.9 Å². The number of imidazole rings is 2. The molecule has 2 fully saturated rings. The number of aromatic nitrogens is 5. The summed E-state index contributed by atoms with van der Waals surface area (Å²) < 4.78 is 10.0. The predicted octanol–water partition coefficient (Wildman–Crippen LogP) is 3.31. The molecular weight excluding hydrogens is 688 g/mol. The van der Waals surface area contributed by atoms with Crippen molar-refractivity contribution in [3.05, 3.63) is 82.0 Å². The molecule has 4 N–H and O–H groups in total. The van der Waals surface area contributed by atoms with Crippen LogP contribution >= 0.6 is 0 Å². The van der Waals surface area contributed by atoms with Gasteiger partial charge in [0.2, 0.25) is 11.8 Å². The minimum atomic E-state index is -0.739. The number of carbonyl (C=O) groups excluding carboxylic acids is 3. The van der Waals surface area contributed by atoms with E-state index in [2.05, 4.69) is 44.5 Å². The Labute approximate surface area is 311 Å². The van der Waals surface area contributed by atoms with Crippen LogP contribution in [0.2, 0.25) is 0 Å². The van der Waals surface area contributed by atoms with Crippen molar-refractivity contribution in [3.63, 3.8) is 0 Å². The summed E-state index contributed by atoms with van der Waals surface area (Å²) in [5.41, 5.74) is 10.1. The number of rotatable bonds is 9. The Hall–Kier alpha value is -6.27. The second-order valence-corrected chi connectivity index (χ2v) is 13.7. The lowest BCUT2D eigenvalue weighted by atomic mass is 9.90. The number of fused-ring (bicyclic) bond motifs is 2. The van der Waals surface area contributed by atoms with Crippen LogP contribution in [0.25, 0.3) is 16.7 Å². The SMILES string of the molecule is COc1cc(N)c(C=NC2CCC(N(C)CCC#Cc3cccc4c3n(C)c(=O)n4C3CCC(=O)NC3=O)CC2)cc1C(=O)Nc1cnc2cccnn12. The average molecular weight is 731 g/mol. The summed E-state index contributed by atoms with van der Waals surface area (Å²) in [5, 5.41) is 9.46. The molecule has 0 spiro atoms. The van der Waals surface area contributed by atoms with Gasteiger partial charge in [-0.2, -0.15) is 9.61 Å². The van der Waals surface area contributed by atoms with Crippen LogP contribution in [0.4, 0.5) is 11.5 Å². The molecule has 2 aliphatic rings. The van der Waals surface area contributed by atoms with Gasteiger partial charge in [0.25, 0.3) is 5.91 Å². The van der Waals surface area contributed by atoms with Crippen LogP contribution in [0, 0.1) is 11.8 Å². The van der Waals surface area contributed by atoms with Crippen LogP contribution in [0.15, 0.2) is 64.6 Å². The van der Waals surface area contributed by atoms with Gasteiger partial charge in [-0.3, -0.25) is 33.8 Å². The minimum Gasteiger partial charge on any atom is -0.496 e. The van der Waals surface area contributed by atoms with E-state index in [4.69, 9.17) is 15.5 Å². The highest BCUT2D eigenvalue weighted by molar-refractivity contribution is 6.08. The molecule has 1 unspecified atom stereocenters. The molecule has 0 radical (unpaired) electrons. The lowest BCUT2D eigenvalue weighted by Crippen LogP contribution is -2.44. The second kappa shape index (κ2) is 15.4. The molecule has 1 saturated carbocycles. The fourth-order valence-corrected chi connectivity index (χ4v) is 7.34. The summed E-state index contributed by atoms with van der Waals surface area (Å²) in [5.74, 6) is 6.16. The first-order valence-electron chi connectivity index (χ1n) is 18.0. The van der Waals surface area contributed by atoms with Gasteiger partial charge >= 0.3 is 5.69 Å². The molecule has 2 aromatic carbocycles. The quantitative estimate of drug-likeness (QED) is 0.0887. The molecular formula is C39H42N10O5. The van der Waals surface area contributed by atoms with Gasteiger partial charge in [0.05, 0.1) is 41.5 Å². The summed E-state index contributed by atoms with van der Waals surface area (Å²) in [4.78, 5) is 62.3. The Morgan fingerprint density at radius 3 is 2.74 bits per heavy atom. The van der Waals surface area contributed by atoms with E-state index in [9.17, 15) is 19.2 Å². The molecule has 15 nitrogen and oxygen atoms in total. The van der Waals surface area contributed by atoms with Gasteiger partial charge in [0, 0.05) is 62.2 Å². The van der Waals surface area contributed by atoms with E-state index in [1.807, 2.05) is 18.2 Å². The number of benzene rings is 2. The first kappa shape index (κ1) is 36.1. The van der Waals surface area contributed by atoms with Crippen LogP contribution in [-0.4, -0.2) is 85.4 Å². The van der Waals surface area contributed by atoms with E-state index in [1.54, 1.807) is 54.4 Å². The number of imide groups is 1. The van der Waals surface area contributed by atoms with E-state index >= 15 is 0 Å². The number of ether oxygens (including phenoxy) is 1. The normalized spacial score (nSPS) is 18.9. The van der Waals surface area contributed by atoms with Gasteiger partial charge in [0.1, 0.15) is 11.8 Å². The fraction of sp³-hybridized carbons (Fsp3) is 0.359. The van der Waals surface area contributed by atoms with E-state index in [0.29, 0.717) is 63.1 Å². The Balaban J connectivity index is 0.947. The van der Waals surface area contributed by atoms with Gasteiger partial charge in [-0.05, 0) is 69.5 Å². The van der Waals surface area contributed by atoms with Crippen LogP contribution < -0.4 is 26.8 Å². The zero-order chi connectivity index (χ0) is 37.9. The summed E-state index contributed by atoms with van der Waals surface area (Å²) in [6, 6.07) is 12.2. The van der Waals surface area contributed by atoms with Gasteiger partial charge in [0.15, 0.2) is 11.5 Å². The van der Waals surface area contributed by atoms with Crippen LogP contribution in [0.5, 0.6) is 5.75 Å². The molecule has 15 heteroatoms. The number of aliphatic imine (C=N–C) groups is 1. The van der Waals surface area contributed by atoms with Crippen molar-refractivity contribution in [2.24, 2.45) is 12.0 Å². The summed E-state index contributed by atoms with van der Waals surface area (Å²) in [6.45, 7) is 0.788. The summed E-state index contributed by atoms with van der Waals surface area (Å²) in [7, 11) is 5.29. The van der Waals surface area contributed by atoms with Crippen molar-refractivity contribution >= 4 is 52.1 Å². The van der Waals surface area contributed by atoms with Crippen molar-refractivity contribution < 1.29 is 19.1 Å². The minimum absolute atomic E-state index is 0.136. The molecule has 278 valence electrons. The molecule has 0 bridgehead atoms. The van der Waals surface area contributed by atoms with Crippen LogP contribution in [0.3, 0.4) is 0 Å². The van der Waals surface area contributed by atoms with Gasteiger partial charge in [-0.15, -0.1) is 0 Å². The second-order valence-electron chi connectivity index (χ2n) is 13.7. The number of nitrogen functional groups attached to an aromatic ring is 1. The molecule has 7 rings (SSSR count). The molecule has 5 aromatic rings. The number of hydrogen-bond acceptors (Lipinski definition) is 10. The standard InChI is InChI=1S/C39H42N10O5/c1-46(19-5-4-8-24-9-6-10-30-36(24)47(2)39(53)48(30)31-16-17-35(50)45-38(31)52)27-14-12-26(13-15-27)41-22-25-20-28(32(54-3)21-29(25)40)37(51)44-34-23-42-33-11-7-18-43-49(33)34/h6-7,9-11,18,20-23,26-27,31H,5,12-17,19,40H2,1-3H3,(H,44,51)(H,45,50,52). The zero-order valence-corrected chi connectivity index (χ0v) is 30.4. The number of nitrogens with two attached hydrogens (primary N) is 1. The number of amides is 3. The third-order valence-corrected chi connectivity index (χ3v) is 10.3. The first-order valence-corrected chi connectivity index (χ1v) is 18.0. The molecule has 1 atom stereocenters. The number of anilines is 2. The third-order valence-electron chi connectivity index (χ3n) is 10.3. The lowest BCUT2D eigenvalue weighted by Gasteiger charge is -2.33. The number of nitrogens with one attached hydrogen (secondary N) is 2. The molecule has 3 amide bonds. The van der Waals surface area contributed by atoms with Gasteiger partial charge in [-0.25, -0.2) is 9.78 Å². The van der Waals surface area contributed by atoms with Crippen molar-refractivity contribution in [2.75, 3.05) is 31.8 Å². The van der Waals surface area contributed by atoms with Crippen molar-refractivity contribution in [3.8, 4) is 17.6 Å². The number of aryl methyl sites for hydroxylation is 1. The maximum atomic E-state index is 13.3. The largest absolute Gasteiger partial charge is 0.496 e. The molecule has 4 heterocycles. The molecule has 1 aliphatic carbocycles. The number of methoxy groups -OCH3 is 1. The number of carbonyl (C=O) groups is 3. The van der Waals surface area contributed by atoms with Crippen LogP contribution in [-0.2, 0) is 16.6 Å². The maximum absolute atomic E-state index is 13.3. The highest BCUT2D eigenvalue weighted by Gasteiger charge is 2.31. The Morgan fingerprint density at radius 1 is 1.15 bits per heavy atom. The number of nitrogens with zero attached hydrogens (tertiary/aromatic N) is 7. The predicted molar refractivity (Wildman–Crippen MR) is 205 cm³/mol. The van der Waals surface area contributed by atoms with Crippen molar-refractivity contribution in [1.82, 2.24) is 33.9 Å². The molecule has 3 aromatic heterocycles. The Kier molecular flexibility index (Phi) is 10.3. The Morgan fingerprint density at radius 2 is 1.96 bits per heavy atom. The zero-order valence-electron chi connectivity index (χ0n) is 30.4. The average Bonchev–Trinajstić information content (AvgIpc) is 3.70. The van der Waals surface area contributed by atoms with Crippen molar-refractivity contribution in [2.45, 2.75) is 63.1 Å². The van der Waals surface area contributed by atoms with Gasteiger partial charge < -0.3 is 20.7 Å². The first-order chi connectivity index (χ1) is 26.1. The molecule has 54 heavy (non-hydrogen) atoms. The number of piperidine rings is 1. The van der Waals surface area contributed by atoms with E-state index in [1.165, 1.54) is 16.2 Å². The highest BCUT2D eigenvalue weighted by Crippen LogP contribution is 2.29. The maximum Gasteiger partial charge on any atom is 0.329 e. The summed E-state index contributed by atoms with van der Waals surface area (Å²) >= 11 is 0. The fourth-order valence-electron chi connectivity index (χ4n) is 7.34. The van der Waals surface area contributed by atoms with E-state index in [0.717, 1.165) is 32.2 Å². The van der Waals surface area contributed by atoms with Crippen molar-refractivity contribution in [1.29, 1.82) is 0 Å². The van der Waals surface area contributed by atoms with E-state index in [-0.39, 0.29) is 36.4 Å². The van der Waals surface area contributed by atoms with E-state index < -0.39 is 11.9 Å². The topological polar surface area (TPSA) is 183 Å². The number of para-hydroxylation sites is 1. The molecule has 1 aliphatic heterocycles.